The lowest BCUT2D eigenvalue weighted by molar-refractivity contribution is 0.0471. The van der Waals surface area contributed by atoms with Gasteiger partial charge >= 0.3 is 5.97 Å². The van der Waals surface area contributed by atoms with E-state index in [2.05, 4.69) is 16.0 Å². The molecule has 1 aromatic heterocycles. The lowest BCUT2D eigenvalue weighted by Gasteiger charge is -2.06. The molecule has 0 aliphatic heterocycles. The molecule has 0 bridgehead atoms. The van der Waals surface area contributed by atoms with E-state index < -0.39 is 5.97 Å². The number of hydrogen-bond donors (Lipinski definition) is 1. The van der Waals surface area contributed by atoms with Crippen LogP contribution >= 0.6 is 0 Å². The molecule has 0 saturated heterocycles. The molecule has 0 saturated carbocycles. The number of nitrogens with zero attached hydrogens (tertiary/aromatic N) is 2. The molecule has 5 nitrogen and oxygen atoms in total. The number of hydrogen-bond acceptors (Lipinski definition) is 4. The van der Waals surface area contributed by atoms with Crippen molar-refractivity contribution in [1.29, 1.82) is 5.26 Å². The minimum absolute atomic E-state index is 0.193. The first kappa shape index (κ1) is 15.5. The molecule has 1 N–H and O–H groups in total. The van der Waals surface area contributed by atoms with Crippen molar-refractivity contribution in [3.8, 4) is 6.07 Å². The largest absolute Gasteiger partial charge is 0.457 e. The van der Waals surface area contributed by atoms with Gasteiger partial charge in [-0.1, -0.05) is 37.3 Å². The molecule has 112 valence electrons. The first-order valence-corrected chi connectivity index (χ1v) is 6.99. The Morgan fingerprint density at radius 1 is 1.41 bits per heavy atom. The average molecular weight is 295 g/mol. The number of rotatable bonds is 5. The van der Waals surface area contributed by atoms with Crippen molar-refractivity contribution < 1.29 is 9.53 Å². The third-order valence-electron chi connectivity index (χ3n) is 3.27. The highest BCUT2D eigenvalue weighted by Gasteiger charge is 2.22. The predicted molar refractivity (Wildman–Crippen MR) is 84.0 cm³/mol. The highest BCUT2D eigenvalue weighted by Crippen LogP contribution is 2.20. The molecule has 5 heteroatoms. The van der Waals surface area contributed by atoms with Gasteiger partial charge in [0.2, 0.25) is 0 Å². The average Bonchev–Trinajstić information content (AvgIpc) is 2.91. The van der Waals surface area contributed by atoms with Gasteiger partial charge in [0, 0.05) is 18.8 Å². The molecule has 0 fully saturated rings. The molecule has 1 heterocycles. The van der Waals surface area contributed by atoms with Crippen LogP contribution in [0.25, 0.3) is 0 Å². The summed E-state index contributed by atoms with van der Waals surface area (Å²) in [6.07, 6.45) is 2.09. The van der Waals surface area contributed by atoms with Gasteiger partial charge in [0.05, 0.1) is 11.3 Å². The Bertz CT molecular complexity index is 724. The van der Waals surface area contributed by atoms with Crippen LogP contribution < -0.4 is 0 Å². The van der Waals surface area contributed by atoms with Gasteiger partial charge in [-0.05, 0) is 12.0 Å². The topological polar surface area (TPSA) is 78.2 Å². The molecule has 0 amide bonds. The smallest absolute Gasteiger partial charge is 0.341 e. The number of carbonyl (C=O) groups is 1. The Balaban J connectivity index is 2.28. The van der Waals surface area contributed by atoms with Gasteiger partial charge in [-0.15, -0.1) is 0 Å². The number of aromatic nitrogens is 1. The summed E-state index contributed by atoms with van der Waals surface area (Å²) in [5.74, 6) is -0.451. The molecule has 22 heavy (non-hydrogen) atoms. The van der Waals surface area contributed by atoms with E-state index >= 15 is 0 Å². The van der Waals surface area contributed by atoms with Gasteiger partial charge in [-0.3, -0.25) is 4.99 Å². The van der Waals surface area contributed by atoms with Gasteiger partial charge in [-0.25, -0.2) is 4.79 Å². The molecule has 0 radical (unpaired) electrons. The molecule has 2 aromatic rings. The van der Waals surface area contributed by atoms with Crippen LogP contribution in [0.5, 0.6) is 0 Å². The maximum atomic E-state index is 12.4. The zero-order valence-electron chi connectivity index (χ0n) is 12.6. The number of esters is 1. The van der Waals surface area contributed by atoms with Crippen molar-refractivity contribution in [3.63, 3.8) is 0 Å². The first-order valence-electron chi connectivity index (χ1n) is 6.99. The number of carbonyl (C=O) groups excluding carboxylic acids is 1. The number of benzene rings is 1. The van der Waals surface area contributed by atoms with Crippen LogP contribution in [0.2, 0.25) is 0 Å². The number of nitriles is 1. The predicted octanol–water partition coefficient (Wildman–Crippen LogP) is 2.85. The summed E-state index contributed by atoms with van der Waals surface area (Å²) in [4.78, 5) is 19.2. The van der Waals surface area contributed by atoms with Crippen LogP contribution in [0, 0.1) is 11.3 Å². The van der Waals surface area contributed by atoms with Crippen LogP contribution in [0.1, 0.15) is 39.8 Å². The van der Waals surface area contributed by atoms with E-state index in [0.29, 0.717) is 28.9 Å². The lowest BCUT2D eigenvalue weighted by Crippen LogP contribution is -2.09. The molecule has 2 rings (SSSR count). The zero-order valence-corrected chi connectivity index (χ0v) is 12.6. The Hall–Kier alpha value is -2.87. The standard InChI is InChI=1S/C17H17N3O2/c1-3-13-14(9-18)20-15(10-19-2)16(13)17(21)22-11-12-7-5-4-6-8-12/h4-8,10,20H,3,11H2,1-2H3. The second-order valence-corrected chi connectivity index (χ2v) is 4.68. The summed E-state index contributed by atoms with van der Waals surface area (Å²) in [7, 11) is 1.61. The number of ether oxygens (including phenoxy) is 1. The molecule has 0 aliphatic rings. The van der Waals surface area contributed by atoms with Gasteiger partial charge in [-0.2, -0.15) is 5.26 Å². The van der Waals surface area contributed by atoms with Gasteiger partial charge in [0.25, 0.3) is 0 Å². The fourth-order valence-electron chi connectivity index (χ4n) is 2.26. The Kier molecular flexibility index (Phi) is 5.10. The first-order chi connectivity index (χ1) is 10.7. The van der Waals surface area contributed by atoms with E-state index in [1.807, 2.05) is 37.3 Å². The minimum Gasteiger partial charge on any atom is -0.457 e. The number of aromatic amines is 1. The second kappa shape index (κ2) is 7.23. The minimum atomic E-state index is -0.451. The summed E-state index contributed by atoms with van der Waals surface area (Å²) < 4.78 is 5.37. The summed E-state index contributed by atoms with van der Waals surface area (Å²) in [5, 5.41) is 9.17. The SMILES string of the molecule is CCc1c(C#N)[nH]c(C=NC)c1C(=O)OCc1ccccc1. The summed E-state index contributed by atoms with van der Waals surface area (Å²) in [6, 6.07) is 11.5. The van der Waals surface area contributed by atoms with Crippen molar-refractivity contribution in [2.45, 2.75) is 20.0 Å². The molecule has 0 atom stereocenters. The maximum absolute atomic E-state index is 12.4. The van der Waals surface area contributed by atoms with Crippen LogP contribution in [-0.4, -0.2) is 24.2 Å². The highest BCUT2D eigenvalue weighted by molar-refractivity contribution is 6.00. The highest BCUT2D eigenvalue weighted by atomic mass is 16.5. The molecule has 1 aromatic carbocycles. The van der Waals surface area contributed by atoms with E-state index in [-0.39, 0.29) is 6.61 Å². The summed E-state index contributed by atoms with van der Waals surface area (Å²) in [6.45, 7) is 2.09. The zero-order chi connectivity index (χ0) is 15.9. The molecule has 0 aliphatic carbocycles. The number of aliphatic imine (C=N–C) groups is 1. The summed E-state index contributed by atoms with van der Waals surface area (Å²) >= 11 is 0. The summed E-state index contributed by atoms with van der Waals surface area (Å²) in [5.41, 5.74) is 2.85. The van der Waals surface area contributed by atoms with Gasteiger partial charge < -0.3 is 9.72 Å². The van der Waals surface area contributed by atoms with Crippen molar-refractivity contribution in [3.05, 3.63) is 58.4 Å². The normalized spacial score (nSPS) is 10.6. The maximum Gasteiger partial charge on any atom is 0.341 e. The van der Waals surface area contributed by atoms with Crippen LogP contribution in [0.4, 0.5) is 0 Å². The van der Waals surface area contributed by atoms with Crippen molar-refractivity contribution >= 4 is 12.2 Å². The monoisotopic (exact) mass is 295 g/mol. The van der Waals surface area contributed by atoms with Crippen molar-refractivity contribution in [2.75, 3.05) is 7.05 Å². The van der Waals surface area contributed by atoms with Crippen LogP contribution in [0.3, 0.4) is 0 Å². The van der Waals surface area contributed by atoms with Crippen molar-refractivity contribution in [1.82, 2.24) is 4.98 Å². The molecular weight excluding hydrogens is 278 g/mol. The van der Waals surface area contributed by atoms with E-state index in [1.165, 1.54) is 6.21 Å². The fourth-order valence-corrected chi connectivity index (χ4v) is 2.26. The third-order valence-corrected chi connectivity index (χ3v) is 3.27. The van der Waals surface area contributed by atoms with E-state index in [4.69, 9.17) is 10.00 Å². The van der Waals surface area contributed by atoms with Gasteiger partial charge in [0.15, 0.2) is 0 Å². The Morgan fingerprint density at radius 2 is 2.14 bits per heavy atom. The molecule has 0 unspecified atom stereocenters. The number of nitrogens with one attached hydrogen (secondary N) is 1. The van der Waals surface area contributed by atoms with Crippen LogP contribution in [-0.2, 0) is 17.8 Å². The quantitative estimate of drug-likeness (QED) is 0.680. The molecule has 0 spiro atoms. The van der Waals surface area contributed by atoms with Crippen LogP contribution in [0.15, 0.2) is 35.3 Å². The van der Waals surface area contributed by atoms with E-state index in [9.17, 15) is 4.79 Å². The van der Waals surface area contributed by atoms with E-state index in [1.54, 1.807) is 7.05 Å². The van der Waals surface area contributed by atoms with Gasteiger partial charge in [0.1, 0.15) is 18.4 Å². The number of H-pyrrole nitrogens is 1. The van der Waals surface area contributed by atoms with Crippen molar-refractivity contribution in [2.24, 2.45) is 4.99 Å². The van der Waals surface area contributed by atoms with E-state index in [0.717, 1.165) is 5.56 Å². The Morgan fingerprint density at radius 3 is 2.73 bits per heavy atom. The second-order valence-electron chi connectivity index (χ2n) is 4.68. The third kappa shape index (κ3) is 3.23. The lowest BCUT2D eigenvalue weighted by atomic mass is 10.1. The Labute approximate surface area is 129 Å². The molecular formula is C17H17N3O2. The fraction of sp³-hybridized carbons (Fsp3) is 0.235.